The van der Waals surface area contributed by atoms with Gasteiger partial charge in [-0.05, 0) is 69.8 Å². The summed E-state index contributed by atoms with van der Waals surface area (Å²) in [6.07, 6.45) is 3.55. The topological polar surface area (TPSA) is 158 Å². The molecule has 0 aliphatic carbocycles. The molecule has 0 spiro atoms. The van der Waals surface area contributed by atoms with Crippen LogP contribution in [-0.2, 0) is 43.2 Å². The van der Waals surface area contributed by atoms with Gasteiger partial charge in [0.1, 0.15) is 12.1 Å². The molecule has 6 bridgehead atoms. The molecule has 356 valence electrons. The molecule has 0 unspecified atom stereocenters. The van der Waals surface area contributed by atoms with Gasteiger partial charge in [0.15, 0.2) is 9.68 Å². The summed E-state index contributed by atoms with van der Waals surface area (Å²) in [4.78, 5) is 73.6. The van der Waals surface area contributed by atoms with Crippen molar-refractivity contribution >= 4 is 61.4 Å². The van der Waals surface area contributed by atoms with E-state index in [4.69, 9.17) is 19.4 Å². The number of ether oxygens (including phenoxy) is 2. The number of fused-ring (bicyclic) bond motifs is 7. The zero-order valence-electron chi connectivity index (χ0n) is 40.6. The number of piperazine rings is 1. The third kappa shape index (κ3) is 10.5. The van der Waals surface area contributed by atoms with Crippen molar-refractivity contribution in [2.45, 2.75) is 97.5 Å². The van der Waals surface area contributed by atoms with Crippen molar-refractivity contribution < 1.29 is 28.7 Å². The molecule has 0 saturated carbocycles. The maximum atomic E-state index is 14.6. The van der Waals surface area contributed by atoms with Gasteiger partial charge in [-0.1, -0.05) is 33.8 Å². The predicted molar refractivity (Wildman–Crippen MR) is 260 cm³/mol. The number of hydrogen-bond acceptors (Lipinski definition) is 12. The van der Waals surface area contributed by atoms with Gasteiger partial charge in [-0.15, -0.1) is 11.3 Å². The average molecular weight is 941 g/mol. The minimum Gasteiger partial charge on any atom is -0.465 e. The van der Waals surface area contributed by atoms with E-state index in [1.54, 1.807) is 28.3 Å². The number of aromatic nitrogens is 3. The van der Waals surface area contributed by atoms with E-state index in [0.29, 0.717) is 37.4 Å². The van der Waals surface area contributed by atoms with E-state index < -0.39 is 28.9 Å². The number of hydrogen-bond donors (Lipinski definition) is 2. The standard InChI is InChI=1S/C48H68N10O6SSi/c1-12-57-38-16-15-31-22-33(38)35(43(57)34-23-32(26-49-41(34)30(4)63-11)56-20-18-54(9)19-21-56)25-48(5,6)28-64-46(61)39-14-13-17-58(52-66-39)45(60)36(24-40-50-37(31)27-65-40)51-44(59)42(29(2)3)55(10)47(62)53(7)8/h15-16,22-23,26-27,29-30,36,39,42,52H,12-14,17-21,24-25,28H2,1-11H3,(H,51,59)/t30-,36-,39-,42-/m0/s1. The van der Waals surface area contributed by atoms with Crippen molar-refractivity contribution in [3.05, 3.63) is 52.1 Å². The lowest BCUT2D eigenvalue weighted by Crippen LogP contribution is -2.59. The molecule has 16 nitrogen and oxygen atoms in total. The lowest BCUT2D eigenvalue weighted by molar-refractivity contribution is -0.146. The largest absolute Gasteiger partial charge is 0.465 e. The van der Waals surface area contributed by atoms with Crippen LogP contribution in [0.5, 0.6) is 0 Å². The molecule has 4 aromatic rings. The number of rotatable bonds is 9. The van der Waals surface area contributed by atoms with E-state index in [1.165, 1.54) is 26.1 Å². The van der Waals surface area contributed by atoms with Crippen LogP contribution in [0.1, 0.15) is 76.8 Å². The van der Waals surface area contributed by atoms with E-state index in [-0.39, 0.29) is 52.6 Å². The normalized spacial score (nSPS) is 20.7. The van der Waals surface area contributed by atoms with Gasteiger partial charge in [0.05, 0.1) is 52.2 Å². The lowest BCUT2D eigenvalue weighted by atomic mass is 9.84. The number of urea groups is 1. The van der Waals surface area contributed by atoms with Crippen LogP contribution in [0.15, 0.2) is 35.8 Å². The Labute approximate surface area is 396 Å². The first-order valence-electron chi connectivity index (χ1n) is 23.2. The van der Waals surface area contributed by atoms with E-state index in [0.717, 1.165) is 76.5 Å². The van der Waals surface area contributed by atoms with Crippen LogP contribution in [0.25, 0.3) is 33.4 Å². The van der Waals surface area contributed by atoms with Crippen molar-refractivity contribution in [3.63, 3.8) is 0 Å². The van der Waals surface area contributed by atoms with Gasteiger partial charge < -0.3 is 39.0 Å². The molecule has 66 heavy (non-hydrogen) atoms. The number of anilines is 1. The summed E-state index contributed by atoms with van der Waals surface area (Å²) >= 11 is 1.44. The number of methoxy groups -OCH3 is 1. The average Bonchev–Trinajstić information content (AvgIpc) is 3.78. The second kappa shape index (κ2) is 20.5. The molecule has 3 aliphatic heterocycles. The number of pyridine rings is 1. The van der Waals surface area contributed by atoms with Crippen molar-refractivity contribution in [1.29, 1.82) is 0 Å². The Morgan fingerprint density at radius 1 is 1.09 bits per heavy atom. The second-order valence-corrected chi connectivity index (χ2v) is 21.5. The zero-order valence-corrected chi connectivity index (χ0v) is 42.4. The number of hydrazine groups is 1. The molecule has 2 N–H and O–H groups in total. The molecular formula is C48H68N10O6SSi. The van der Waals surface area contributed by atoms with E-state index in [1.807, 2.05) is 32.3 Å². The highest BCUT2D eigenvalue weighted by atomic mass is 32.1. The smallest absolute Gasteiger partial charge is 0.319 e. The van der Waals surface area contributed by atoms with Crippen LogP contribution >= 0.6 is 11.3 Å². The molecule has 2 fully saturated rings. The lowest BCUT2D eigenvalue weighted by Gasteiger charge is -2.34. The number of carbonyl (C=O) groups is 4. The predicted octanol–water partition coefficient (Wildman–Crippen LogP) is 5.63. The molecule has 2 saturated heterocycles. The number of thiazole rings is 1. The number of nitrogens with one attached hydrogen (secondary N) is 2. The van der Waals surface area contributed by atoms with Crippen LogP contribution in [-0.4, -0.2) is 154 Å². The SMILES string of the molecule is CCn1c(-c2cc(N3CCN(C)CC3)cnc2[C@H](C)OC)c2c3cc(ccc31)-c1csc(n1)C[C@H](NC(=O)[C@H](C(C)C)N(C)C(=O)N(C)C)C(=O)N1CCC[C@H]([Si]N1)C(=O)OCC(C)(C)C2. The van der Waals surface area contributed by atoms with Crippen molar-refractivity contribution in [2.24, 2.45) is 11.3 Å². The van der Waals surface area contributed by atoms with Gasteiger partial charge >= 0.3 is 12.0 Å². The van der Waals surface area contributed by atoms with Crippen molar-refractivity contribution in [2.75, 3.05) is 79.5 Å². The van der Waals surface area contributed by atoms with Crippen LogP contribution in [0, 0.1) is 11.3 Å². The first-order chi connectivity index (χ1) is 31.4. The summed E-state index contributed by atoms with van der Waals surface area (Å²) in [5.41, 5.74) is 6.97. The molecule has 3 aliphatic rings. The Balaban J connectivity index is 1.35. The Bertz CT molecular complexity index is 2410. The molecule has 1 aromatic carbocycles. The third-order valence-electron chi connectivity index (χ3n) is 13.2. The Morgan fingerprint density at radius 3 is 2.52 bits per heavy atom. The monoisotopic (exact) mass is 940 g/mol. The zero-order chi connectivity index (χ0) is 47.6. The number of nitrogens with zero attached hydrogens (tertiary/aromatic N) is 8. The first-order valence-corrected chi connectivity index (χ1v) is 25.2. The summed E-state index contributed by atoms with van der Waals surface area (Å²) < 4.78 is 14.6. The van der Waals surface area contributed by atoms with E-state index >= 15 is 0 Å². The minimum absolute atomic E-state index is 0.113. The summed E-state index contributed by atoms with van der Waals surface area (Å²) in [5, 5.41) is 11.6. The minimum atomic E-state index is -1.00. The third-order valence-corrected chi connectivity index (χ3v) is 15.3. The maximum Gasteiger partial charge on any atom is 0.319 e. The second-order valence-electron chi connectivity index (χ2n) is 19.4. The number of esters is 1. The summed E-state index contributed by atoms with van der Waals surface area (Å²) in [6, 6.07) is 6.61. The fourth-order valence-electron chi connectivity index (χ4n) is 9.42. The van der Waals surface area contributed by atoms with Crippen LogP contribution in [0.2, 0.25) is 5.54 Å². The molecule has 4 amide bonds. The van der Waals surface area contributed by atoms with Crippen LogP contribution in [0.3, 0.4) is 0 Å². The number of amides is 4. The van der Waals surface area contributed by atoms with Gasteiger partial charge in [0.2, 0.25) is 5.91 Å². The summed E-state index contributed by atoms with van der Waals surface area (Å²) in [6.45, 7) is 17.3. The number of cyclic esters (lactones) is 1. The fourth-order valence-corrected chi connectivity index (χ4v) is 11.4. The fraction of sp³-hybridized carbons (Fsp3) is 0.583. The highest BCUT2D eigenvalue weighted by Crippen LogP contribution is 2.43. The molecule has 3 aromatic heterocycles. The summed E-state index contributed by atoms with van der Waals surface area (Å²) in [7, 11) is 8.65. The van der Waals surface area contributed by atoms with Gasteiger partial charge in [-0.25, -0.2) is 9.78 Å². The van der Waals surface area contributed by atoms with Gasteiger partial charge in [0.25, 0.3) is 5.91 Å². The number of aryl methyl sites for hydroxylation is 1. The Hall–Kier alpha value is -4.88. The summed E-state index contributed by atoms with van der Waals surface area (Å²) in [5.74, 6) is -1.31. The van der Waals surface area contributed by atoms with Crippen LogP contribution in [0.4, 0.5) is 10.5 Å². The first kappa shape index (κ1) is 49.0. The quantitative estimate of drug-likeness (QED) is 0.158. The van der Waals surface area contributed by atoms with Gasteiger partial charge in [-0.2, -0.15) is 0 Å². The molecule has 7 rings (SSSR count). The van der Waals surface area contributed by atoms with Crippen molar-refractivity contribution in [3.8, 4) is 22.5 Å². The number of carbonyl (C=O) groups excluding carboxylic acids is 4. The van der Waals surface area contributed by atoms with E-state index in [2.05, 4.69) is 76.9 Å². The molecule has 2 radical (unpaired) electrons. The highest BCUT2D eigenvalue weighted by Gasteiger charge is 2.37. The molecular weight excluding hydrogens is 873 g/mol. The molecule has 4 atom stereocenters. The highest BCUT2D eigenvalue weighted by molar-refractivity contribution is 7.10. The molecule has 6 heterocycles. The van der Waals surface area contributed by atoms with Crippen molar-refractivity contribution in [1.82, 2.24) is 44.7 Å². The van der Waals surface area contributed by atoms with Gasteiger partial charge in [0, 0.05) is 107 Å². The van der Waals surface area contributed by atoms with Gasteiger partial charge in [-0.3, -0.25) is 29.5 Å². The maximum absolute atomic E-state index is 14.6. The van der Waals surface area contributed by atoms with E-state index in [9.17, 15) is 19.2 Å². The number of benzene rings is 1. The Morgan fingerprint density at radius 2 is 1.83 bits per heavy atom. The van der Waals surface area contributed by atoms with Crippen LogP contribution < -0.4 is 15.3 Å². The Kier molecular flexibility index (Phi) is 15.3. The molecule has 18 heteroatoms. The number of likely N-dealkylation sites (N-methyl/N-ethyl adjacent to an activating group) is 2.